The van der Waals surface area contributed by atoms with E-state index >= 15 is 0 Å². The predicted molar refractivity (Wildman–Crippen MR) is 77.3 cm³/mol. The van der Waals surface area contributed by atoms with Crippen LogP contribution in [0.4, 0.5) is 5.82 Å². The second-order valence-corrected chi connectivity index (χ2v) is 5.81. The number of carbonyl (C=O) groups is 1. The molecule has 1 aliphatic carbocycles. The third kappa shape index (κ3) is 3.69. The Bertz CT molecular complexity index is 435. The Morgan fingerprint density at radius 3 is 2.68 bits per heavy atom. The highest BCUT2D eigenvalue weighted by Crippen LogP contribution is 2.39. The van der Waals surface area contributed by atoms with Crippen molar-refractivity contribution in [3.63, 3.8) is 0 Å². The van der Waals surface area contributed by atoms with Gasteiger partial charge in [-0.05, 0) is 51.2 Å². The number of nitrogens with one attached hydrogen (secondary N) is 2. The quantitative estimate of drug-likeness (QED) is 0.828. The fraction of sp³-hybridized carbons (Fsp3) is 0.600. The van der Waals surface area contributed by atoms with Gasteiger partial charge < -0.3 is 10.6 Å². The molecule has 0 atom stereocenters. The van der Waals surface area contributed by atoms with Crippen LogP contribution >= 0.6 is 0 Å². The minimum absolute atomic E-state index is 0.0357. The molecule has 104 valence electrons. The van der Waals surface area contributed by atoms with E-state index in [-0.39, 0.29) is 11.4 Å². The fourth-order valence-corrected chi connectivity index (χ4v) is 2.16. The first-order chi connectivity index (χ1) is 9.03. The van der Waals surface area contributed by atoms with Gasteiger partial charge in [0.05, 0.1) is 5.56 Å². The molecule has 4 nitrogen and oxygen atoms in total. The first-order valence-electron chi connectivity index (χ1n) is 7.05. The minimum Gasteiger partial charge on any atom is -0.370 e. The van der Waals surface area contributed by atoms with Gasteiger partial charge in [0.15, 0.2) is 0 Å². The molecule has 1 aliphatic rings. The van der Waals surface area contributed by atoms with Gasteiger partial charge in [0.25, 0.3) is 5.91 Å². The second-order valence-electron chi connectivity index (χ2n) is 5.81. The lowest BCUT2D eigenvalue weighted by Crippen LogP contribution is -2.45. The maximum atomic E-state index is 12.1. The molecule has 1 heterocycles. The summed E-state index contributed by atoms with van der Waals surface area (Å²) in [5, 5.41) is 6.29. The van der Waals surface area contributed by atoms with Gasteiger partial charge in [-0.1, -0.05) is 6.92 Å². The van der Waals surface area contributed by atoms with Gasteiger partial charge in [0.1, 0.15) is 5.82 Å². The molecule has 1 aromatic rings. The number of hydrogen-bond donors (Lipinski definition) is 2. The minimum atomic E-state index is -0.115. The molecular weight excluding hydrogens is 238 g/mol. The van der Waals surface area contributed by atoms with Crippen LogP contribution in [-0.4, -0.2) is 23.0 Å². The summed E-state index contributed by atoms with van der Waals surface area (Å²) in [7, 11) is 0. The number of aromatic nitrogens is 1. The van der Waals surface area contributed by atoms with E-state index in [9.17, 15) is 4.79 Å². The lowest BCUT2D eigenvalue weighted by Gasteiger charge is -2.26. The van der Waals surface area contributed by atoms with Crippen molar-refractivity contribution < 1.29 is 4.79 Å². The van der Waals surface area contributed by atoms with E-state index < -0.39 is 0 Å². The molecule has 0 saturated heterocycles. The number of rotatable bonds is 6. The Morgan fingerprint density at radius 2 is 2.16 bits per heavy atom. The van der Waals surface area contributed by atoms with Gasteiger partial charge in [0.2, 0.25) is 0 Å². The van der Waals surface area contributed by atoms with E-state index in [0.717, 1.165) is 18.8 Å². The van der Waals surface area contributed by atoms with E-state index in [0.29, 0.717) is 11.5 Å². The van der Waals surface area contributed by atoms with Crippen LogP contribution in [-0.2, 0) is 0 Å². The highest BCUT2D eigenvalue weighted by Gasteiger charge is 2.38. The van der Waals surface area contributed by atoms with E-state index in [2.05, 4.69) is 36.4 Å². The van der Waals surface area contributed by atoms with Gasteiger partial charge in [-0.25, -0.2) is 4.98 Å². The van der Waals surface area contributed by atoms with Crippen molar-refractivity contribution in [3.05, 3.63) is 23.9 Å². The van der Waals surface area contributed by atoms with E-state index in [4.69, 9.17) is 0 Å². The molecule has 0 radical (unpaired) electrons. The zero-order valence-corrected chi connectivity index (χ0v) is 12.0. The standard InChI is InChI=1S/C15H23N3O/c1-4-9-16-13-8-5-11(10-17-13)14(19)18-15(2,3)12-6-7-12/h5,8,10,12H,4,6-7,9H2,1-3H3,(H,16,17)(H,18,19). The number of carbonyl (C=O) groups excluding carboxylic acids is 1. The average molecular weight is 261 g/mol. The Kier molecular flexibility index (Phi) is 4.08. The molecule has 0 aliphatic heterocycles. The largest absolute Gasteiger partial charge is 0.370 e. The summed E-state index contributed by atoms with van der Waals surface area (Å²) in [5.41, 5.74) is 0.506. The van der Waals surface area contributed by atoms with Crippen molar-refractivity contribution in [2.75, 3.05) is 11.9 Å². The van der Waals surface area contributed by atoms with Crippen LogP contribution in [0, 0.1) is 5.92 Å². The number of amides is 1. The molecule has 0 spiro atoms. The Morgan fingerprint density at radius 1 is 1.42 bits per heavy atom. The molecule has 1 amide bonds. The molecule has 1 aromatic heterocycles. The van der Waals surface area contributed by atoms with Crippen molar-refractivity contribution >= 4 is 11.7 Å². The van der Waals surface area contributed by atoms with Crippen LogP contribution in [0.3, 0.4) is 0 Å². The summed E-state index contributed by atoms with van der Waals surface area (Å²) < 4.78 is 0. The van der Waals surface area contributed by atoms with Crippen LogP contribution in [0.1, 0.15) is 50.4 Å². The van der Waals surface area contributed by atoms with E-state index in [1.165, 1.54) is 12.8 Å². The van der Waals surface area contributed by atoms with Gasteiger partial charge >= 0.3 is 0 Å². The first kappa shape index (κ1) is 13.8. The molecule has 1 saturated carbocycles. The van der Waals surface area contributed by atoms with E-state index in [1.807, 2.05) is 12.1 Å². The molecule has 0 unspecified atom stereocenters. The predicted octanol–water partition coefficient (Wildman–Crippen LogP) is 2.82. The zero-order chi connectivity index (χ0) is 13.9. The summed E-state index contributed by atoms with van der Waals surface area (Å²) in [5.74, 6) is 1.40. The van der Waals surface area contributed by atoms with Crippen LogP contribution in [0.5, 0.6) is 0 Å². The van der Waals surface area contributed by atoms with Crippen molar-refractivity contribution in [2.24, 2.45) is 5.92 Å². The van der Waals surface area contributed by atoms with Crippen molar-refractivity contribution in [3.8, 4) is 0 Å². The molecule has 2 rings (SSSR count). The van der Waals surface area contributed by atoms with Crippen LogP contribution in [0.25, 0.3) is 0 Å². The summed E-state index contributed by atoms with van der Waals surface area (Å²) in [6, 6.07) is 3.68. The zero-order valence-electron chi connectivity index (χ0n) is 12.0. The molecule has 0 aromatic carbocycles. The molecule has 2 N–H and O–H groups in total. The van der Waals surface area contributed by atoms with Crippen molar-refractivity contribution in [1.29, 1.82) is 0 Å². The van der Waals surface area contributed by atoms with E-state index in [1.54, 1.807) is 6.20 Å². The molecular formula is C15H23N3O. The van der Waals surface area contributed by atoms with Crippen molar-refractivity contribution in [1.82, 2.24) is 10.3 Å². The normalized spacial score (nSPS) is 15.1. The second kappa shape index (κ2) is 5.59. The summed E-state index contributed by atoms with van der Waals surface area (Å²) in [6.07, 6.45) is 5.12. The maximum Gasteiger partial charge on any atom is 0.253 e. The average Bonchev–Trinajstić information content (AvgIpc) is 3.21. The van der Waals surface area contributed by atoms with Crippen LogP contribution in [0.2, 0.25) is 0 Å². The van der Waals surface area contributed by atoms with Gasteiger partial charge in [-0.15, -0.1) is 0 Å². The van der Waals surface area contributed by atoms with Crippen LogP contribution < -0.4 is 10.6 Å². The summed E-state index contributed by atoms with van der Waals surface area (Å²) >= 11 is 0. The number of hydrogen-bond acceptors (Lipinski definition) is 3. The Labute approximate surface area is 115 Å². The highest BCUT2D eigenvalue weighted by atomic mass is 16.1. The number of pyridine rings is 1. The Balaban J connectivity index is 1.95. The number of nitrogens with zero attached hydrogens (tertiary/aromatic N) is 1. The summed E-state index contributed by atoms with van der Waals surface area (Å²) in [6.45, 7) is 7.18. The SMILES string of the molecule is CCCNc1ccc(C(=O)NC(C)(C)C2CC2)cn1. The molecule has 19 heavy (non-hydrogen) atoms. The molecule has 4 heteroatoms. The fourth-order valence-electron chi connectivity index (χ4n) is 2.16. The topological polar surface area (TPSA) is 54.0 Å². The monoisotopic (exact) mass is 261 g/mol. The first-order valence-corrected chi connectivity index (χ1v) is 7.05. The maximum absolute atomic E-state index is 12.1. The smallest absolute Gasteiger partial charge is 0.253 e. The lowest BCUT2D eigenvalue weighted by molar-refractivity contribution is 0.0903. The third-order valence-corrected chi connectivity index (χ3v) is 3.62. The third-order valence-electron chi connectivity index (χ3n) is 3.62. The van der Waals surface area contributed by atoms with Crippen LogP contribution in [0.15, 0.2) is 18.3 Å². The van der Waals surface area contributed by atoms with Gasteiger partial charge in [0, 0.05) is 18.3 Å². The van der Waals surface area contributed by atoms with Gasteiger partial charge in [-0.2, -0.15) is 0 Å². The highest BCUT2D eigenvalue weighted by molar-refractivity contribution is 5.94. The molecule has 0 bridgehead atoms. The Hall–Kier alpha value is -1.58. The molecule has 1 fully saturated rings. The summed E-state index contributed by atoms with van der Waals surface area (Å²) in [4.78, 5) is 16.4. The van der Waals surface area contributed by atoms with Gasteiger partial charge in [-0.3, -0.25) is 4.79 Å². The van der Waals surface area contributed by atoms with Crippen molar-refractivity contribution in [2.45, 2.75) is 45.6 Å². The lowest BCUT2D eigenvalue weighted by atomic mass is 9.98. The number of anilines is 1.